The van der Waals surface area contributed by atoms with Crippen LogP contribution in [0.25, 0.3) is 0 Å². The van der Waals surface area contributed by atoms with Gasteiger partial charge in [0.1, 0.15) is 0 Å². The van der Waals surface area contributed by atoms with Crippen LogP contribution in [0.2, 0.25) is 0 Å². The maximum atomic E-state index is 12.0. The Kier molecular flexibility index (Phi) is 4.21. The molecule has 1 aromatic rings. The van der Waals surface area contributed by atoms with Crippen molar-refractivity contribution in [2.45, 2.75) is 25.3 Å². The summed E-state index contributed by atoms with van der Waals surface area (Å²) in [6.07, 6.45) is 1.92. The van der Waals surface area contributed by atoms with Crippen molar-refractivity contribution in [2.24, 2.45) is 5.92 Å². The summed E-state index contributed by atoms with van der Waals surface area (Å²) in [6.45, 7) is 0. The zero-order chi connectivity index (χ0) is 13.1. The second-order valence-electron chi connectivity index (χ2n) is 4.50. The van der Waals surface area contributed by atoms with Crippen LogP contribution < -0.4 is 5.32 Å². The van der Waals surface area contributed by atoms with E-state index in [1.54, 1.807) is 6.07 Å². The maximum absolute atomic E-state index is 12.0. The predicted octanol–water partition coefficient (Wildman–Crippen LogP) is 2.27. The molecule has 0 bridgehead atoms. The normalized spacial score (nSPS) is 22.7. The average molecular weight is 359 g/mol. The third-order valence-corrected chi connectivity index (χ3v) is 4.18. The summed E-state index contributed by atoms with van der Waals surface area (Å²) in [4.78, 5) is 22.9. The lowest BCUT2D eigenvalue weighted by Gasteiger charge is -2.13. The van der Waals surface area contributed by atoms with Crippen LogP contribution in [0.15, 0.2) is 24.3 Å². The summed E-state index contributed by atoms with van der Waals surface area (Å²) in [5, 5.41) is 11.8. The van der Waals surface area contributed by atoms with E-state index in [4.69, 9.17) is 5.11 Å². The van der Waals surface area contributed by atoms with Gasteiger partial charge in [0, 0.05) is 9.61 Å². The Hall–Kier alpha value is -1.11. The smallest absolute Gasteiger partial charge is 0.306 e. The first kappa shape index (κ1) is 13.3. The van der Waals surface area contributed by atoms with Crippen LogP contribution in [-0.4, -0.2) is 23.0 Å². The van der Waals surface area contributed by atoms with Gasteiger partial charge in [-0.05, 0) is 54.0 Å². The highest BCUT2D eigenvalue weighted by atomic mass is 127. The van der Waals surface area contributed by atoms with Gasteiger partial charge in [-0.3, -0.25) is 9.59 Å². The van der Waals surface area contributed by atoms with Crippen molar-refractivity contribution >= 4 is 34.5 Å². The lowest BCUT2D eigenvalue weighted by molar-refractivity contribution is -0.141. The molecule has 1 aliphatic rings. The first-order valence-electron chi connectivity index (χ1n) is 5.86. The van der Waals surface area contributed by atoms with E-state index >= 15 is 0 Å². The molecule has 96 valence electrons. The van der Waals surface area contributed by atoms with Crippen molar-refractivity contribution in [1.29, 1.82) is 0 Å². The molecule has 2 atom stereocenters. The van der Waals surface area contributed by atoms with E-state index in [0.717, 1.165) is 9.99 Å². The van der Waals surface area contributed by atoms with E-state index < -0.39 is 5.97 Å². The molecule has 1 fully saturated rings. The van der Waals surface area contributed by atoms with E-state index in [1.165, 1.54) is 0 Å². The molecule has 0 saturated heterocycles. The van der Waals surface area contributed by atoms with Gasteiger partial charge >= 0.3 is 5.97 Å². The molecule has 0 spiro atoms. The molecule has 0 aromatic heterocycles. The summed E-state index contributed by atoms with van der Waals surface area (Å²) in [7, 11) is 0. The van der Waals surface area contributed by atoms with E-state index in [1.807, 2.05) is 18.2 Å². The average Bonchev–Trinajstić information content (AvgIpc) is 2.78. The third-order valence-electron chi connectivity index (χ3n) is 3.24. The number of carbonyl (C=O) groups is 2. The minimum atomic E-state index is -0.763. The number of halogens is 1. The summed E-state index contributed by atoms with van der Waals surface area (Å²) in [5.74, 6) is -1.19. The highest BCUT2D eigenvalue weighted by molar-refractivity contribution is 14.1. The molecule has 1 amide bonds. The van der Waals surface area contributed by atoms with E-state index in [9.17, 15) is 9.59 Å². The van der Waals surface area contributed by atoms with Crippen molar-refractivity contribution in [3.8, 4) is 0 Å². The Morgan fingerprint density at radius 2 is 2.00 bits per heavy atom. The van der Waals surface area contributed by atoms with E-state index in [0.29, 0.717) is 18.4 Å². The van der Waals surface area contributed by atoms with E-state index in [-0.39, 0.29) is 17.9 Å². The summed E-state index contributed by atoms with van der Waals surface area (Å²) >= 11 is 2.12. The lowest BCUT2D eigenvalue weighted by atomic mass is 10.1. The molecule has 18 heavy (non-hydrogen) atoms. The first-order chi connectivity index (χ1) is 8.58. The highest BCUT2D eigenvalue weighted by Gasteiger charge is 2.30. The SMILES string of the molecule is O=C(NC1CCC(C(=O)O)C1)c1ccccc1I. The zero-order valence-corrected chi connectivity index (χ0v) is 11.9. The molecule has 4 nitrogen and oxygen atoms in total. The minimum Gasteiger partial charge on any atom is -0.481 e. The van der Waals surface area contributed by atoms with Gasteiger partial charge in [-0.25, -0.2) is 0 Å². The molecule has 1 saturated carbocycles. The van der Waals surface area contributed by atoms with Gasteiger partial charge in [0.25, 0.3) is 5.91 Å². The molecular weight excluding hydrogens is 345 g/mol. The molecule has 2 rings (SSSR count). The van der Waals surface area contributed by atoms with Gasteiger partial charge in [-0.1, -0.05) is 12.1 Å². The largest absolute Gasteiger partial charge is 0.481 e. The van der Waals surface area contributed by atoms with Crippen molar-refractivity contribution in [3.05, 3.63) is 33.4 Å². The first-order valence-corrected chi connectivity index (χ1v) is 6.94. The number of hydrogen-bond acceptors (Lipinski definition) is 2. The molecule has 5 heteroatoms. The summed E-state index contributed by atoms with van der Waals surface area (Å²) < 4.78 is 0.903. The fraction of sp³-hybridized carbons (Fsp3) is 0.385. The topological polar surface area (TPSA) is 66.4 Å². The fourth-order valence-corrected chi connectivity index (χ4v) is 2.88. The number of rotatable bonds is 3. The molecule has 2 unspecified atom stereocenters. The van der Waals surface area contributed by atoms with Gasteiger partial charge in [-0.2, -0.15) is 0 Å². The number of carboxylic acid groups (broad SMARTS) is 1. The Morgan fingerprint density at radius 3 is 2.61 bits per heavy atom. The van der Waals surface area contributed by atoms with Gasteiger partial charge in [0.05, 0.1) is 11.5 Å². The van der Waals surface area contributed by atoms with Crippen molar-refractivity contribution in [2.75, 3.05) is 0 Å². The van der Waals surface area contributed by atoms with Crippen LogP contribution >= 0.6 is 22.6 Å². The van der Waals surface area contributed by atoms with Crippen molar-refractivity contribution < 1.29 is 14.7 Å². The zero-order valence-electron chi connectivity index (χ0n) is 9.73. The van der Waals surface area contributed by atoms with Crippen LogP contribution in [0.4, 0.5) is 0 Å². The van der Waals surface area contributed by atoms with Crippen molar-refractivity contribution in [1.82, 2.24) is 5.32 Å². The van der Waals surface area contributed by atoms with E-state index in [2.05, 4.69) is 27.9 Å². The number of carbonyl (C=O) groups excluding carboxylic acids is 1. The number of aliphatic carboxylic acids is 1. The second-order valence-corrected chi connectivity index (χ2v) is 5.66. The lowest BCUT2D eigenvalue weighted by Crippen LogP contribution is -2.33. The maximum Gasteiger partial charge on any atom is 0.306 e. The molecular formula is C13H14INO3. The van der Waals surface area contributed by atoms with Crippen LogP contribution in [0.5, 0.6) is 0 Å². The summed E-state index contributed by atoms with van der Waals surface area (Å²) in [5.41, 5.74) is 0.650. The Balaban J connectivity index is 1.97. The molecule has 2 N–H and O–H groups in total. The van der Waals surface area contributed by atoms with Gasteiger partial charge < -0.3 is 10.4 Å². The quantitative estimate of drug-likeness (QED) is 0.814. The fourth-order valence-electron chi connectivity index (χ4n) is 2.25. The molecule has 0 radical (unpaired) electrons. The Bertz CT molecular complexity index is 475. The Labute approximate surface area is 119 Å². The second kappa shape index (κ2) is 5.69. The monoisotopic (exact) mass is 359 g/mol. The van der Waals surface area contributed by atoms with Crippen molar-refractivity contribution in [3.63, 3.8) is 0 Å². The van der Waals surface area contributed by atoms with Crippen LogP contribution in [-0.2, 0) is 4.79 Å². The molecule has 1 aromatic carbocycles. The van der Waals surface area contributed by atoms with Gasteiger partial charge in [-0.15, -0.1) is 0 Å². The Morgan fingerprint density at radius 1 is 1.28 bits per heavy atom. The van der Waals surface area contributed by atoms with Crippen LogP contribution in [0.3, 0.4) is 0 Å². The number of benzene rings is 1. The number of carboxylic acids is 1. The highest BCUT2D eigenvalue weighted by Crippen LogP contribution is 2.26. The van der Waals surface area contributed by atoms with Gasteiger partial charge in [0.15, 0.2) is 0 Å². The number of amides is 1. The van der Waals surface area contributed by atoms with Crippen LogP contribution in [0, 0.1) is 9.49 Å². The predicted molar refractivity (Wildman–Crippen MR) is 75.4 cm³/mol. The minimum absolute atomic E-state index is 0.0189. The molecule has 0 aliphatic heterocycles. The molecule has 0 heterocycles. The van der Waals surface area contributed by atoms with Gasteiger partial charge in [0.2, 0.25) is 0 Å². The molecule has 1 aliphatic carbocycles. The standard InChI is InChI=1S/C13H14INO3/c14-11-4-2-1-3-10(11)12(16)15-9-6-5-8(7-9)13(17)18/h1-4,8-9H,5-7H2,(H,15,16)(H,17,18). The number of hydrogen-bond donors (Lipinski definition) is 2. The third kappa shape index (κ3) is 3.01. The van der Waals surface area contributed by atoms with Crippen LogP contribution in [0.1, 0.15) is 29.6 Å². The summed E-state index contributed by atoms with van der Waals surface area (Å²) in [6, 6.07) is 7.35. The number of nitrogens with one attached hydrogen (secondary N) is 1.